The SMILES string of the molecule is Cc1cc(C)c2cc(N3CCC4(CC3)CC(Cc3c(-c5ccccc5C)noc3C3CC3)C4)ccc2n1. The topological polar surface area (TPSA) is 42.2 Å². The number of anilines is 1. The summed E-state index contributed by atoms with van der Waals surface area (Å²) in [5, 5.41) is 5.90. The molecule has 0 unspecified atom stereocenters. The average Bonchev–Trinajstić information content (AvgIpc) is 3.64. The number of aryl methyl sites for hydroxylation is 3. The summed E-state index contributed by atoms with van der Waals surface area (Å²) in [5.74, 6) is 2.54. The number of benzene rings is 2. The first kappa shape index (κ1) is 23.0. The van der Waals surface area contributed by atoms with Gasteiger partial charge < -0.3 is 9.42 Å². The van der Waals surface area contributed by atoms with Gasteiger partial charge in [-0.2, -0.15) is 0 Å². The van der Waals surface area contributed by atoms with Crippen LogP contribution in [0.2, 0.25) is 0 Å². The lowest BCUT2D eigenvalue weighted by Crippen LogP contribution is -2.47. The Balaban J connectivity index is 1.04. The average molecular weight is 492 g/mol. The van der Waals surface area contributed by atoms with Crippen molar-refractivity contribution < 1.29 is 4.52 Å². The molecule has 190 valence electrons. The van der Waals surface area contributed by atoms with E-state index in [0.717, 1.165) is 42.3 Å². The predicted octanol–water partition coefficient (Wildman–Crippen LogP) is 7.93. The summed E-state index contributed by atoms with van der Waals surface area (Å²) in [7, 11) is 0. The number of hydrogen-bond donors (Lipinski definition) is 0. The molecule has 2 aliphatic carbocycles. The van der Waals surface area contributed by atoms with Crippen molar-refractivity contribution in [3.63, 3.8) is 0 Å². The van der Waals surface area contributed by atoms with Gasteiger partial charge in [0, 0.05) is 46.9 Å². The molecule has 3 fully saturated rings. The highest BCUT2D eigenvalue weighted by atomic mass is 16.5. The number of nitrogens with zero attached hydrogens (tertiary/aromatic N) is 3. The van der Waals surface area contributed by atoms with E-state index in [2.05, 4.69) is 79.4 Å². The number of rotatable bonds is 5. The molecule has 3 aliphatic rings. The lowest BCUT2D eigenvalue weighted by molar-refractivity contribution is 0.0282. The van der Waals surface area contributed by atoms with Crippen LogP contribution >= 0.6 is 0 Å². The molecule has 4 nitrogen and oxygen atoms in total. The highest BCUT2D eigenvalue weighted by Crippen LogP contribution is 2.55. The summed E-state index contributed by atoms with van der Waals surface area (Å²) in [6.07, 6.45) is 8.94. The van der Waals surface area contributed by atoms with Crippen molar-refractivity contribution >= 4 is 16.6 Å². The highest BCUT2D eigenvalue weighted by molar-refractivity contribution is 5.85. The third kappa shape index (κ3) is 4.15. The van der Waals surface area contributed by atoms with Crippen LogP contribution in [-0.4, -0.2) is 23.2 Å². The van der Waals surface area contributed by atoms with Crippen LogP contribution in [0.15, 0.2) is 53.1 Å². The predicted molar refractivity (Wildman–Crippen MR) is 150 cm³/mol. The zero-order valence-corrected chi connectivity index (χ0v) is 22.4. The van der Waals surface area contributed by atoms with Gasteiger partial charge in [0.1, 0.15) is 11.5 Å². The third-order valence-corrected chi connectivity index (χ3v) is 9.42. The number of fused-ring (bicyclic) bond motifs is 1. The summed E-state index contributed by atoms with van der Waals surface area (Å²) in [6.45, 7) is 8.78. The zero-order chi connectivity index (χ0) is 25.1. The molecule has 7 rings (SSSR count). The molecule has 0 bridgehead atoms. The van der Waals surface area contributed by atoms with Crippen molar-refractivity contribution in [2.75, 3.05) is 18.0 Å². The largest absolute Gasteiger partial charge is 0.371 e. The molecule has 3 heterocycles. The van der Waals surface area contributed by atoms with Crippen LogP contribution in [0.25, 0.3) is 22.2 Å². The fourth-order valence-corrected chi connectivity index (χ4v) is 7.23. The van der Waals surface area contributed by atoms with Gasteiger partial charge in [-0.25, -0.2) is 0 Å². The van der Waals surface area contributed by atoms with Crippen LogP contribution in [0.3, 0.4) is 0 Å². The van der Waals surface area contributed by atoms with Crippen molar-refractivity contribution in [3.05, 3.63) is 76.7 Å². The Kier molecular flexibility index (Phi) is 5.42. The van der Waals surface area contributed by atoms with E-state index in [1.807, 2.05) is 0 Å². The standard InChI is InChI=1S/C33H37N3O/c1-21-6-4-5-7-27(21)31-29(32(37-35-31)25-8-9-25)17-24-19-33(20-24)12-14-36(15-13-33)26-10-11-30-28(18-26)22(2)16-23(3)34-30/h4-7,10-11,16,18,24-25H,8-9,12-15,17,19-20H2,1-3H3. The molecule has 0 amide bonds. The maximum atomic E-state index is 5.98. The van der Waals surface area contributed by atoms with Gasteiger partial charge in [0.25, 0.3) is 0 Å². The Labute approximate surface area is 220 Å². The fraction of sp³-hybridized carbons (Fsp3) is 0.455. The maximum absolute atomic E-state index is 5.98. The second kappa shape index (κ2) is 8.72. The minimum absolute atomic E-state index is 0.534. The van der Waals surface area contributed by atoms with E-state index >= 15 is 0 Å². The van der Waals surface area contributed by atoms with Crippen molar-refractivity contribution in [2.24, 2.45) is 11.3 Å². The van der Waals surface area contributed by atoms with E-state index in [4.69, 9.17) is 9.51 Å². The number of piperidine rings is 1. The highest BCUT2D eigenvalue weighted by Gasteiger charge is 2.46. The minimum Gasteiger partial charge on any atom is -0.371 e. The normalized spacial score (nSPS) is 19.5. The van der Waals surface area contributed by atoms with E-state index < -0.39 is 0 Å². The van der Waals surface area contributed by atoms with E-state index in [-0.39, 0.29) is 0 Å². The molecule has 0 atom stereocenters. The van der Waals surface area contributed by atoms with E-state index in [9.17, 15) is 0 Å². The Bertz CT molecular complexity index is 1460. The molecular weight excluding hydrogens is 454 g/mol. The molecule has 4 heteroatoms. The quantitative estimate of drug-likeness (QED) is 0.284. The summed E-state index contributed by atoms with van der Waals surface area (Å²) in [5.41, 5.74) is 10.5. The molecule has 2 saturated carbocycles. The lowest BCUT2D eigenvalue weighted by atomic mass is 9.56. The van der Waals surface area contributed by atoms with Crippen LogP contribution in [0.5, 0.6) is 0 Å². The second-order valence-corrected chi connectivity index (χ2v) is 12.2. The summed E-state index contributed by atoms with van der Waals surface area (Å²) < 4.78 is 5.98. The van der Waals surface area contributed by atoms with Crippen molar-refractivity contribution in [3.8, 4) is 11.3 Å². The van der Waals surface area contributed by atoms with Crippen molar-refractivity contribution in [1.82, 2.24) is 10.1 Å². The van der Waals surface area contributed by atoms with Gasteiger partial charge in [0.2, 0.25) is 0 Å². The summed E-state index contributed by atoms with van der Waals surface area (Å²) >= 11 is 0. The third-order valence-electron chi connectivity index (χ3n) is 9.42. The van der Waals surface area contributed by atoms with Crippen molar-refractivity contribution in [2.45, 2.75) is 71.6 Å². The number of aromatic nitrogens is 2. The first-order valence-corrected chi connectivity index (χ1v) is 14.2. The van der Waals surface area contributed by atoms with Gasteiger partial charge in [-0.1, -0.05) is 29.4 Å². The molecule has 0 radical (unpaired) electrons. The van der Waals surface area contributed by atoms with Crippen LogP contribution in [0.1, 0.15) is 72.6 Å². The molecule has 2 aromatic heterocycles. The Morgan fingerprint density at radius 2 is 1.73 bits per heavy atom. The summed E-state index contributed by atoms with van der Waals surface area (Å²) in [6, 6.07) is 17.7. The molecule has 0 N–H and O–H groups in total. The van der Waals surface area contributed by atoms with E-state index in [1.54, 1.807) is 0 Å². The van der Waals surface area contributed by atoms with Crippen LogP contribution in [-0.2, 0) is 6.42 Å². The second-order valence-electron chi connectivity index (χ2n) is 12.2. The molecular formula is C33H37N3O. The molecule has 1 spiro atoms. The van der Waals surface area contributed by atoms with Crippen molar-refractivity contribution in [1.29, 1.82) is 0 Å². The molecule has 2 aromatic carbocycles. The van der Waals surface area contributed by atoms with Gasteiger partial charge in [0.15, 0.2) is 0 Å². The Morgan fingerprint density at radius 1 is 0.946 bits per heavy atom. The van der Waals surface area contributed by atoms with Gasteiger partial charge in [-0.05, 0) is 112 Å². The first-order valence-electron chi connectivity index (χ1n) is 14.2. The first-order chi connectivity index (χ1) is 18.0. The number of pyridine rings is 1. The number of hydrogen-bond acceptors (Lipinski definition) is 4. The van der Waals surface area contributed by atoms with Crippen LogP contribution in [0.4, 0.5) is 5.69 Å². The van der Waals surface area contributed by atoms with Gasteiger partial charge in [-0.3, -0.25) is 4.98 Å². The Morgan fingerprint density at radius 3 is 2.49 bits per heavy atom. The minimum atomic E-state index is 0.534. The summed E-state index contributed by atoms with van der Waals surface area (Å²) in [4.78, 5) is 7.32. The molecule has 1 aliphatic heterocycles. The lowest BCUT2D eigenvalue weighted by Gasteiger charge is -2.53. The molecule has 1 saturated heterocycles. The Hall–Kier alpha value is -3.14. The smallest absolute Gasteiger partial charge is 0.143 e. The fourth-order valence-electron chi connectivity index (χ4n) is 7.23. The van der Waals surface area contributed by atoms with Crippen LogP contribution in [0, 0.1) is 32.1 Å². The molecule has 37 heavy (non-hydrogen) atoms. The maximum Gasteiger partial charge on any atom is 0.143 e. The van der Waals surface area contributed by atoms with Gasteiger partial charge in [-0.15, -0.1) is 0 Å². The van der Waals surface area contributed by atoms with Gasteiger partial charge in [0.05, 0.1) is 5.52 Å². The zero-order valence-electron chi connectivity index (χ0n) is 22.4. The van der Waals surface area contributed by atoms with Gasteiger partial charge >= 0.3 is 0 Å². The molecule has 4 aromatic rings. The van der Waals surface area contributed by atoms with E-state index in [1.165, 1.54) is 77.6 Å². The monoisotopic (exact) mass is 491 g/mol. The van der Waals surface area contributed by atoms with Crippen LogP contribution < -0.4 is 4.90 Å². The van der Waals surface area contributed by atoms with E-state index in [0.29, 0.717) is 11.3 Å².